The van der Waals surface area contributed by atoms with Gasteiger partial charge in [0.15, 0.2) is 11.0 Å². The number of ether oxygens (including phenoxy) is 2. The Bertz CT molecular complexity index is 1140. The first kappa shape index (κ1) is 24.3. The molecule has 1 amide bonds. The molecule has 0 saturated carbocycles. The number of para-hydroxylation sites is 1. The van der Waals surface area contributed by atoms with Crippen LogP contribution in [-0.4, -0.2) is 39.5 Å². The Labute approximate surface area is 207 Å². The lowest BCUT2D eigenvalue weighted by molar-refractivity contribution is -0.113. The van der Waals surface area contributed by atoms with E-state index in [0.29, 0.717) is 34.7 Å². The zero-order valence-electron chi connectivity index (χ0n) is 19.3. The molecular formula is C24H28N4O4S2. The second-order valence-electron chi connectivity index (χ2n) is 7.84. The fourth-order valence-corrected chi connectivity index (χ4v) is 6.07. The first-order chi connectivity index (χ1) is 16.6. The number of amides is 1. The van der Waals surface area contributed by atoms with E-state index in [0.717, 1.165) is 43.4 Å². The molecule has 0 spiro atoms. The van der Waals surface area contributed by atoms with E-state index in [4.69, 9.17) is 9.47 Å². The Morgan fingerprint density at radius 2 is 1.94 bits per heavy atom. The van der Waals surface area contributed by atoms with Crippen LogP contribution in [-0.2, 0) is 35.5 Å². The van der Waals surface area contributed by atoms with Crippen molar-refractivity contribution in [2.45, 2.75) is 57.3 Å². The van der Waals surface area contributed by atoms with Crippen LogP contribution in [0, 0.1) is 0 Å². The lowest BCUT2D eigenvalue weighted by Crippen LogP contribution is -2.17. The second-order valence-corrected chi connectivity index (χ2v) is 9.89. The molecule has 0 bridgehead atoms. The van der Waals surface area contributed by atoms with Gasteiger partial charge in [0.2, 0.25) is 5.91 Å². The summed E-state index contributed by atoms with van der Waals surface area (Å²) >= 11 is 2.80. The fourth-order valence-electron chi connectivity index (χ4n) is 3.96. The normalized spacial score (nSPS) is 13.1. The number of thioether (sulfide) groups is 1. The SMILES string of the molecule is CCn1c(COc2ccccc2)nnc1SCC(=O)Nc1sc2c(c1C(=O)OC)CCCCC2. The molecule has 1 aliphatic rings. The summed E-state index contributed by atoms with van der Waals surface area (Å²) in [6, 6.07) is 9.54. The molecule has 4 rings (SSSR count). The summed E-state index contributed by atoms with van der Waals surface area (Å²) in [5.74, 6) is 1.03. The monoisotopic (exact) mass is 500 g/mol. The number of hydrogen-bond donors (Lipinski definition) is 1. The van der Waals surface area contributed by atoms with Crippen molar-refractivity contribution in [1.82, 2.24) is 14.8 Å². The number of aromatic nitrogens is 3. The molecular weight excluding hydrogens is 472 g/mol. The van der Waals surface area contributed by atoms with Crippen LogP contribution in [0.2, 0.25) is 0 Å². The minimum atomic E-state index is -0.392. The number of hydrogen-bond acceptors (Lipinski definition) is 8. The van der Waals surface area contributed by atoms with Gasteiger partial charge in [0.25, 0.3) is 0 Å². The number of thiophene rings is 1. The smallest absolute Gasteiger partial charge is 0.341 e. The predicted molar refractivity (Wildman–Crippen MR) is 133 cm³/mol. The summed E-state index contributed by atoms with van der Waals surface area (Å²) in [6.07, 6.45) is 5.06. The summed E-state index contributed by atoms with van der Waals surface area (Å²) in [5, 5.41) is 12.7. The Morgan fingerprint density at radius 1 is 1.15 bits per heavy atom. The summed E-state index contributed by atoms with van der Waals surface area (Å²) in [6.45, 7) is 2.95. The highest BCUT2D eigenvalue weighted by molar-refractivity contribution is 7.99. The average molecular weight is 501 g/mol. The first-order valence-electron chi connectivity index (χ1n) is 11.4. The van der Waals surface area contributed by atoms with Crippen LogP contribution in [0.25, 0.3) is 0 Å². The van der Waals surface area contributed by atoms with Gasteiger partial charge < -0.3 is 19.4 Å². The van der Waals surface area contributed by atoms with E-state index < -0.39 is 5.97 Å². The van der Waals surface area contributed by atoms with Crippen molar-refractivity contribution in [3.63, 3.8) is 0 Å². The highest BCUT2D eigenvalue weighted by atomic mass is 32.2. The standard InChI is InChI=1S/C24H28N4O4S2/c1-3-28-19(14-32-16-10-6-4-7-11-16)26-27-24(28)33-15-20(29)25-22-21(23(30)31-2)17-12-8-5-9-13-18(17)34-22/h4,6-7,10-11H,3,5,8-9,12-15H2,1-2H3,(H,25,29). The highest BCUT2D eigenvalue weighted by Gasteiger charge is 2.26. The van der Waals surface area contributed by atoms with E-state index in [1.54, 1.807) is 0 Å². The third-order valence-corrected chi connectivity index (χ3v) is 7.79. The van der Waals surface area contributed by atoms with Gasteiger partial charge in [-0.3, -0.25) is 4.79 Å². The number of anilines is 1. The van der Waals surface area contributed by atoms with E-state index in [2.05, 4.69) is 15.5 Å². The maximum atomic E-state index is 12.8. The number of nitrogens with one attached hydrogen (secondary N) is 1. The van der Waals surface area contributed by atoms with Crippen molar-refractivity contribution in [3.8, 4) is 5.75 Å². The third kappa shape index (κ3) is 5.61. The molecule has 34 heavy (non-hydrogen) atoms. The summed E-state index contributed by atoms with van der Waals surface area (Å²) in [7, 11) is 1.38. The minimum Gasteiger partial charge on any atom is -0.486 e. The molecule has 3 aromatic rings. The quantitative estimate of drug-likeness (QED) is 0.258. The maximum Gasteiger partial charge on any atom is 0.341 e. The third-order valence-electron chi connectivity index (χ3n) is 5.62. The molecule has 8 nitrogen and oxygen atoms in total. The molecule has 1 N–H and O–H groups in total. The average Bonchev–Trinajstić information content (AvgIpc) is 3.33. The lowest BCUT2D eigenvalue weighted by Gasteiger charge is -2.09. The molecule has 1 aliphatic carbocycles. The van der Waals surface area contributed by atoms with Crippen LogP contribution in [0.1, 0.15) is 52.8 Å². The molecule has 2 aromatic heterocycles. The lowest BCUT2D eigenvalue weighted by atomic mass is 10.1. The summed E-state index contributed by atoms with van der Waals surface area (Å²) in [4.78, 5) is 26.4. The second kappa shape index (κ2) is 11.5. The molecule has 0 aliphatic heterocycles. The maximum absolute atomic E-state index is 12.8. The van der Waals surface area contributed by atoms with Gasteiger partial charge in [0.1, 0.15) is 17.4 Å². The van der Waals surface area contributed by atoms with Gasteiger partial charge in [0.05, 0.1) is 18.4 Å². The molecule has 10 heteroatoms. The number of nitrogens with zero attached hydrogens (tertiary/aromatic N) is 3. The van der Waals surface area contributed by atoms with Gasteiger partial charge in [-0.15, -0.1) is 21.5 Å². The number of methoxy groups -OCH3 is 1. The van der Waals surface area contributed by atoms with Gasteiger partial charge in [-0.05, 0) is 50.3 Å². The molecule has 0 unspecified atom stereocenters. The van der Waals surface area contributed by atoms with Crippen molar-refractivity contribution in [1.29, 1.82) is 0 Å². The topological polar surface area (TPSA) is 95.3 Å². The van der Waals surface area contributed by atoms with E-state index in [-0.39, 0.29) is 11.7 Å². The number of rotatable bonds is 9. The van der Waals surface area contributed by atoms with Crippen LogP contribution in [0.4, 0.5) is 5.00 Å². The van der Waals surface area contributed by atoms with Gasteiger partial charge in [-0.25, -0.2) is 4.79 Å². The predicted octanol–water partition coefficient (Wildman–Crippen LogP) is 4.72. The van der Waals surface area contributed by atoms with Crippen molar-refractivity contribution in [2.75, 3.05) is 18.2 Å². The van der Waals surface area contributed by atoms with Crippen molar-refractivity contribution >= 4 is 40.0 Å². The van der Waals surface area contributed by atoms with Crippen LogP contribution in [0.3, 0.4) is 0 Å². The van der Waals surface area contributed by atoms with Gasteiger partial charge >= 0.3 is 5.97 Å². The number of fused-ring (bicyclic) bond motifs is 1. The molecule has 0 radical (unpaired) electrons. The fraction of sp³-hybridized carbons (Fsp3) is 0.417. The zero-order valence-corrected chi connectivity index (χ0v) is 21.0. The molecule has 180 valence electrons. The molecule has 0 atom stereocenters. The summed E-state index contributed by atoms with van der Waals surface area (Å²) < 4.78 is 12.8. The Morgan fingerprint density at radius 3 is 2.71 bits per heavy atom. The molecule has 1 aromatic carbocycles. The highest BCUT2D eigenvalue weighted by Crippen LogP contribution is 2.38. The number of carbonyl (C=O) groups is 2. The Kier molecular flexibility index (Phi) is 8.23. The molecule has 0 fully saturated rings. The first-order valence-corrected chi connectivity index (χ1v) is 13.2. The van der Waals surface area contributed by atoms with E-state index >= 15 is 0 Å². The Hall–Kier alpha value is -2.85. The van der Waals surface area contributed by atoms with Crippen LogP contribution < -0.4 is 10.1 Å². The number of carbonyl (C=O) groups excluding carboxylic acids is 2. The van der Waals surface area contributed by atoms with Crippen molar-refractivity contribution in [3.05, 3.63) is 52.2 Å². The molecule has 0 saturated heterocycles. The number of aryl methyl sites for hydroxylation is 1. The minimum absolute atomic E-state index is 0.154. The van der Waals surface area contributed by atoms with Crippen molar-refractivity contribution in [2.24, 2.45) is 0 Å². The van der Waals surface area contributed by atoms with E-state index in [9.17, 15) is 9.59 Å². The molecule has 2 heterocycles. The zero-order chi connectivity index (χ0) is 23.9. The van der Waals surface area contributed by atoms with Crippen LogP contribution >= 0.6 is 23.1 Å². The summed E-state index contributed by atoms with van der Waals surface area (Å²) in [5.41, 5.74) is 1.55. The Balaban J connectivity index is 1.41. The van der Waals surface area contributed by atoms with Crippen molar-refractivity contribution < 1.29 is 19.1 Å². The van der Waals surface area contributed by atoms with Crippen LogP contribution in [0.5, 0.6) is 5.75 Å². The largest absolute Gasteiger partial charge is 0.486 e. The van der Waals surface area contributed by atoms with Crippen LogP contribution in [0.15, 0.2) is 35.5 Å². The van der Waals surface area contributed by atoms with Gasteiger partial charge in [-0.1, -0.05) is 36.4 Å². The number of benzene rings is 1. The van der Waals surface area contributed by atoms with Gasteiger partial charge in [-0.2, -0.15) is 0 Å². The number of esters is 1. The van der Waals surface area contributed by atoms with Gasteiger partial charge in [0, 0.05) is 11.4 Å². The van der Waals surface area contributed by atoms with E-state index in [1.165, 1.54) is 35.1 Å². The van der Waals surface area contributed by atoms with E-state index in [1.807, 2.05) is 41.8 Å².